The number of carbonyl (C=O) groups is 1. The summed E-state index contributed by atoms with van der Waals surface area (Å²) in [6.07, 6.45) is 1.85. The van der Waals surface area contributed by atoms with Crippen molar-refractivity contribution < 1.29 is 4.79 Å². The quantitative estimate of drug-likeness (QED) is 0.829. The van der Waals surface area contributed by atoms with E-state index in [2.05, 4.69) is 15.7 Å². The Morgan fingerprint density at radius 2 is 2.06 bits per heavy atom. The van der Waals surface area contributed by atoms with Gasteiger partial charge in [0, 0.05) is 18.9 Å². The zero-order valence-electron chi connectivity index (χ0n) is 10.3. The number of benzene rings is 1. The third-order valence-corrected chi connectivity index (χ3v) is 2.46. The normalized spacial score (nSPS) is 10.1. The van der Waals surface area contributed by atoms with Gasteiger partial charge in [-0.25, -0.2) is 0 Å². The van der Waals surface area contributed by atoms with Gasteiger partial charge in [0.2, 0.25) is 5.91 Å². The molecule has 2 rings (SSSR count). The first-order chi connectivity index (χ1) is 8.74. The highest BCUT2D eigenvalue weighted by molar-refractivity contribution is 5.80. The number of nitrogens with zero attached hydrogens (tertiary/aromatic N) is 2. The Morgan fingerprint density at radius 3 is 2.72 bits per heavy atom. The molecule has 0 radical (unpaired) electrons. The Bertz CT molecular complexity index is 507. The molecule has 94 valence electrons. The molecule has 0 aliphatic rings. The number of aromatic nitrogens is 2. The Balaban J connectivity index is 1.73. The number of anilines is 1. The Morgan fingerprint density at radius 1 is 1.28 bits per heavy atom. The monoisotopic (exact) mass is 244 g/mol. The van der Waals surface area contributed by atoms with Crippen molar-refractivity contribution in [2.24, 2.45) is 7.05 Å². The van der Waals surface area contributed by atoms with E-state index in [0.717, 1.165) is 11.4 Å². The maximum Gasteiger partial charge on any atom is 0.239 e. The van der Waals surface area contributed by atoms with Gasteiger partial charge in [-0.15, -0.1) is 0 Å². The lowest BCUT2D eigenvalue weighted by molar-refractivity contribution is -0.119. The van der Waals surface area contributed by atoms with E-state index < -0.39 is 0 Å². The Kier molecular flexibility index (Phi) is 3.96. The second-order valence-electron chi connectivity index (χ2n) is 3.98. The van der Waals surface area contributed by atoms with Crippen LogP contribution in [0.2, 0.25) is 0 Å². The molecule has 0 saturated carbocycles. The maximum atomic E-state index is 11.6. The van der Waals surface area contributed by atoms with Gasteiger partial charge in [-0.05, 0) is 18.2 Å². The van der Waals surface area contributed by atoms with Gasteiger partial charge in [-0.1, -0.05) is 18.2 Å². The number of hydrogen-bond donors (Lipinski definition) is 2. The van der Waals surface area contributed by atoms with E-state index in [1.807, 2.05) is 49.6 Å². The SMILES string of the molecule is Cn1ccc(CNC(=O)CNc2ccccc2)n1. The summed E-state index contributed by atoms with van der Waals surface area (Å²) < 4.78 is 1.71. The molecule has 0 unspecified atom stereocenters. The fourth-order valence-corrected chi connectivity index (χ4v) is 1.55. The number of aryl methyl sites for hydroxylation is 1. The molecule has 1 aromatic heterocycles. The maximum absolute atomic E-state index is 11.6. The second kappa shape index (κ2) is 5.86. The van der Waals surface area contributed by atoms with Gasteiger partial charge in [-0.2, -0.15) is 5.10 Å². The average Bonchev–Trinajstić information content (AvgIpc) is 2.81. The van der Waals surface area contributed by atoms with Crippen molar-refractivity contribution in [2.45, 2.75) is 6.54 Å². The fraction of sp³-hybridized carbons (Fsp3) is 0.231. The van der Waals surface area contributed by atoms with Crippen molar-refractivity contribution >= 4 is 11.6 Å². The molecular weight excluding hydrogens is 228 g/mol. The zero-order chi connectivity index (χ0) is 12.8. The minimum absolute atomic E-state index is 0.0514. The second-order valence-corrected chi connectivity index (χ2v) is 3.98. The predicted octanol–water partition coefficient (Wildman–Crippen LogP) is 1.15. The topological polar surface area (TPSA) is 59.0 Å². The number of nitrogens with one attached hydrogen (secondary N) is 2. The molecule has 0 aliphatic carbocycles. The van der Waals surface area contributed by atoms with Crippen LogP contribution in [-0.4, -0.2) is 22.2 Å². The molecule has 5 heteroatoms. The molecular formula is C13H16N4O. The average molecular weight is 244 g/mol. The third-order valence-electron chi connectivity index (χ3n) is 2.46. The van der Waals surface area contributed by atoms with Crippen LogP contribution in [0.15, 0.2) is 42.6 Å². The minimum atomic E-state index is -0.0514. The van der Waals surface area contributed by atoms with E-state index in [1.54, 1.807) is 4.68 Å². The van der Waals surface area contributed by atoms with Gasteiger partial charge in [0.25, 0.3) is 0 Å². The van der Waals surface area contributed by atoms with Crippen LogP contribution in [-0.2, 0) is 18.4 Å². The molecule has 1 heterocycles. The van der Waals surface area contributed by atoms with Gasteiger partial charge in [0.15, 0.2) is 0 Å². The lowest BCUT2D eigenvalue weighted by atomic mass is 10.3. The predicted molar refractivity (Wildman–Crippen MR) is 70.0 cm³/mol. The van der Waals surface area contributed by atoms with E-state index in [0.29, 0.717) is 6.54 Å². The summed E-state index contributed by atoms with van der Waals surface area (Å²) in [5.41, 5.74) is 1.79. The van der Waals surface area contributed by atoms with Crippen LogP contribution in [0.3, 0.4) is 0 Å². The number of carbonyl (C=O) groups excluding carboxylic acids is 1. The summed E-state index contributed by atoms with van der Waals surface area (Å²) in [5.74, 6) is -0.0514. The molecule has 18 heavy (non-hydrogen) atoms. The van der Waals surface area contributed by atoms with Gasteiger partial charge in [0.1, 0.15) is 0 Å². The van der Waals surface area contributed by atoms with Crippen LogP contribution in [0, 0.1) is 0 Å². The summed E-state index contributed by atoms with van der Waals surface area (Å²) in [4.78, 5) is 11.6. The van der Waals surface area contributed by atoms with Crippen LogP contribution >= 0.6 is 0 Å². The van der Waals surface area contributed by atoms with Crippen LogP contribution in [0.5, 0.6) is 0 Å². The molecule has 0 atom stereocenters. The fourth-order valence-electron chi connectivity index (χ4n) is 1.55. The van der Waals surface area contributed by atoms with Gasteiger partial charge >= 0.3 is 0 Å². The first kappa shape index (κ1) is 12.2. The Labute approximate surface area is 106 Å². The third kappa shape index (κ3) is 3.62. The molecule has 2 aromatic rings. The molecule has 0 fully saturated rings. The molecule has 5 nitrogen and oxygen atoms in total. The highest BCUT2D eigenvalue weighted by atomic mass is 16.1. The van der Waals surface area contributed by atoms with E-state index in [-0.39, 0.29) is 12.5 Å². The minimum Gasteiger partial charge on any atom is -0.376 e. The molecule has 0 bridgehead atoms. The van der Waals surface area contributed by atoms with Crippen molar-refractivity contribution in [3.05, 3.63) is 48.3 Å². The molecule has 2 N–H and O–H groups in total. The first-order valence-corrected chi connectivity index (χ1v) is 5.78. The van der Waals surface area contributed by atoms with E-state index in [9.17, 15) is 4.79 Å². The van der Waals surface area contributed by atoms with Gasteiger partial charge < -0.3 is 10.6 Å². The number of amides is 1. The number of rotatable bonds is 5. The number of para-hydroxylation sites is 1. The standard InChI is InChI=1S/C13H16N4O/c1-17-8-7-12(16-17)9-15-13(18)10-14-11-5-3-2-4-6-11/h2-8,14H,9-10H2,1H3,(H,15,18). The van der Waals surface area contributed by atoms with E-state index in [1.165, 1.54) is 0 Å². The molecule has 0 saturated heterocycles. The molecule has 1 amide bonds. The smallest absolute Gasteiger partial charge is 0.239 e. The highest BCUT2D eigenvalue weighted by Crippen LogP contribution is 2.03. The lowest BCUT2D eigenvalue weighted by Gasteiger charge is -2.06. The van der Waals surface area contributed by atoms with Crippen molar-refractivity contribution in [1.82, 2.24) is 15.1 Å². The molecule has 0 aliphatic heterocycles. The van der Waals surface area contributed by atoms with Gasteiger partial charge in [-0.3, -0.25) is 9.48 Å². The molecule has 1 aromatic carbocycles. The van der Waals surface area contributed by atoms with Crippen LogP contribution in [0.25, 0.3) is 0 Å². The van der Waals surface area contributed by atoms with Crippen LogP contribution < -0.4 is 10.6 Å². The largest absolute Gasteiger partial charge is 0.376 e. The number of hydrogen-bond acceptors (Lipinski definition) is 3. The van der Waals surface area contributed by atoms with Crippen LogP contribution in [0.1, 0.15) is 5.69 Å². The van der Waals surface area contributed by atoms with Gasteiger partial charge in [0.05, 0.1) is 18.8 Å². The lowest BCUT2D eigenvalue weighted by Crippen LogP contribution is -2.29. The Hall–Kier alpha value is -2.30. The highest BCUT2D eigenvalue weighted by Gasteiger charge is 2.02. The van der Waals surface area contributed by atoms with Crippen molar-refractivity contribution in [1.29, 1.82) is 0 Å². The molecule has 0 spiro atoms. The summed E-state index contributed by atoms with van der Waals surface area (Å²) >= 11 is 0. The van der Waals surface area contributed by atoms with Crippen molar-refractivity contribution in [2.75, 3.05) is 11.9 Å². The van der Waals surface area contributed by atoms with Crippen LogP contribution in [0.4, 0.5) is 5.69 Å². The summed E-state index contributed by atoms with van der Waals surface area (Å²) in [6, 6.07) is 11.5. The summed E-state index contributed by atoms with van der Waals surface area (Å²) in [7, 11) is 1.85. The van der Waals surface area contributed by atoms with Crippen molar-refractivity contribution in [3.8, 4) is 0 Å². The first-order valence-electron chi connectivity index (χ1n) is 5.78. The summed E-state index contributed by atoms with van der Waals surface area (Å²) in [5, 5.41) is 10.0. The zero-order valence-corrected chi connectivity index (χ0v) is 10.3. The van der Waals surface area contributed by atoms with E-state index in [4.69, 9.17) is 0 Å². The van der Waals surface area contributed by atoms with Crippen molar-refractivity contribution in [3.63, 3.8) is 0 Å². The summed E-state index contributed by atoms with van der Waals surface area (Å²) in [6.45, 7) is 0.715. The van der Waals surface area contributed by atoms with E-state index >= 15 is 0 Å².